The molecule has 4 rings (SSSR count). The number of aromatic nitrogens is 2. The minimum Gasteiger partial charge on any atom is -0.383 e. The zero-order valence-electron chi connectivity index (χ0n) is 18.6. The van der Waals surface area contributed by atoms with Crippen LogP contribution in [-0.2, 0) is 11.8 Å². The predicted octanol–water partition coefficient (Wildman–Crippen LogP) is 4.33. The highest BCUT2D eigenvalue weighted by atomic mass is 16.5. The van der Waals surface area contributed by atoms with Gasteiger partial charge in [-0.25, -0.2) is 4.98 Å². The molecular formula is C26H27N3O3. The van der Waals surface area contributed by atoms with E-state index in [0.717, 1.165) is 10.8 Å². The monoisotopic (exact) mass is 429 g/mol. The molecule has 1 unspecified atom stereocenters. The number of carbonyl (C=O) groups excluding carboxylic acids is 1. The minimum absolute atomic E-state index is 0.104. The number of hydrogen-bond acceptors (Lipinski definition) is 4. The zero-order chi connectivity index (χ0) is 22.7. The van der Waals surface area contributed by atoms with Crippen molar-refractivity contribution in [3.05, 3.63) is 88.5 Å². The molecule has 0 saturated carbocycles. The molecule has 3 aromatic carbocycles. The fraction of sp³-hybridized carbons (Fsp3) is 0.269. The second kappa shape index (κ2) is 9.32. The number of benzene rings is 3. The standard InChI is InChI=1S/C26H27N3O3/c1-4-23(24-27-22-15-8-7-13-21(22)25(30)28(24)2)29(16-17-32-3)26(31)20-14-9-11-18-10-5-6-12-19(18)20/h5-15,23H,4,16-17H2,1-3H3. The van der Waals surface area contributed by atoms with Crippen LogP contribution in [0.4, 0.5) is 0 Å². The average Bonchev–Trinajstić information content (AvgIpc) is 2.83. The predicted molar refractivity (Wildman–Crippen MR) is 127 cm³/mol. The molecule has 1 aromatic heterocycles. The Bertz CT molecular complexity index is 1320. The summed E-state index contributed by atoms with van der Waals surface area (Å²) in [5.74, 6) is 0.467. The first kappa shape index (κ1) is 21.7. The van der Waals surface area contributed by atoms with E-state index in [4.69, 9.17) is 9.72 Å². The third kappa shape index (κ3) is 3.89. The number of amides is 1. The third-order valence-electron chi connectivity index (χ3n) is 5.90. The van der Waals surface area contributed by atoms with Gasteiger partial charge in [-0.2, -0.15) is 0 Å². The number of methoxy groups -OCH3 is 1. The molecule has 0 fully saturated rings. The molecule has 0 bridgehead atoms. The lowest BCUT2D eigenvalue weighted by Gasteiger charge is -2.32. The zero-order valence-corrected chi connectivity index (χ0v) is 18.6. The van der Waals surface area contributed by atoms with Crippen LogP contribution < -0.4 is 5.56 Å². The van der Waals surface area contributed by atoms with Gasteiger partial charge < -0.3 is 9.64 Å². The largest absolute Gasteiger partial charge is 0.383 e. The van der Waals surface area contributed by atoms with Crippen molar-refractivity contribution in [3.8, 4) is 0 Å². The Morgan fingerprint density at radius 3 is 2.47 bits per heavy atom. The highest BCUT2D eigenvalue weighted by molar-refractivity contribution is 6.07. The molecular weight excluding hydrogens is 402 g/mol. The van der Waals surface area contributed by atoms with E-state index in [0.29, 0.717) is 41.9 Å². The molecule has 0 radical (unpaired) electrons. The maximum atomic E-state index is 13.9. The molecule has 1 heterocycles. The SMILES string of the molecule is CCC(c1nc2ccccc2c(=O)n1C)N(CCOC)C(=O)c1cccc2ccccc12. The second-order valence-electron chi connectivity index (χ2n) is 7.79. The molecule has 1 amide bonds. The minimum atomic E-state index is -0.376. The van der Waals surface area contributed by atoms with E-state index in [1.54, 1.807) is 29.7 Å². The van der Waals surface area contributed by atoms with Gasteiger partial charge in [-0.15, -0.1) is 0 Å². The van der Waals surface area contributed by atoms with Crippen LogP contribution in [0.25, 0.3) is 21.7 Å². The normalized spacial score (nSPS) is 12.2. The Hall–Kier alpha value is -3.51. The van der Waals surface area contributed by atoms with E-state index < -0.39 is 0 Å². The van der Waals surface area contributed by atoms with E-state index in [9.17, 15) is 9.59 Å². The second-order valence-corrected chi connectivity index (χ2v) is 7.79. The lowest BCUT2D eigenvalue weighted by Crippen LogP contribution is -2.40. The maximum absolute atomic E-state index is 13.9. The maximum Gasteiger partial charge on any atom is 0.261 e. The van der Waals surface area contributed by atoms with Crippen molar-refractivity contribution in [1.29, 1.82) is 0 Å². The molecule has 0 aliphatic carbocycles. The summed E-state index contributed by atoms with van der Waals surface area (Å²) in [6.07, 6.45) is 0.610. The molecule has 0 aliphatic rings. The lowest BCUT2D eigenvalue weighted by atomic mass is 10.0. The van der Waals surface area contributed by atoms with Gasteiger partial charge in [0, 0.05) is 26.3 Å². The molecule has 6 nitrogen and oxygen atoms in total. The Morgan fingerprint density at radius 2 is 1.72 bits per heavy atom. The van der Waals surface area contributed by atoms with Gasteiger partial charge in [0.25, 0.3) is 11.5 Å². The van der Waals surface area contributed by atoms with Gasteiger partial charge in [0.15, 0.2) is 0 Å². The summed E-state index contributed by atoms with van der Waals surface area (Å²) in [6.45, 7) is 2.77. The quantitative estimate of drug-likeness (QED) is 0.439. The number of para-hydroxylation sites is 1. The van der Waals surface area contributed by atoms with Crippen molar-refractivity contribution in [2.45, 2.75) is 19.4 Å². The number of hydrogen-bond donors (Lipinski definition) is 0. The Labute approximate surface area is 187 Å². The summed E-state index contributed by atoms with van der Waals surface area (Å²) in [7, 11) is 3.34. The molecule has 1 atom stereocenters. The summed E-state index contributed by atoms with van der Waals surface area (Å²) < 4.78 is 6.88. The van der Waals surface area contributed by atoms with Crippen molar-refractivity contribution in [2.24, 2.45) is 7.05 Å². The fourth-order valence-corrected chi connectivity index (χ4v) is 4.23. The van der Waals surface area contributed by atoms with Crippen molar-refractivity contribution >= 4 is 27.6 Å². The Morgan fingerprint density at radius 1 is 1.03 bits per heavy atom. The number of nitrogens with zero attached hydrogens (tertiary/aromatic N) is 3. The Balaban J connectivity index is 1.85. The van der Waals surface area contributed by atoms with Gasteiger partial charge in [-0.05, 0) is 35.4 Å². The van der Waals surface area contributed by atoms with Gasteiger partial charge >= 0.3 is 0 Å². The fourth-order valence-electron chi connectivity index (χ4n) is 4.23. The van der Waals surface area contributed by atoms with Crippen molar-refractivity contribution in [3.63, 3.8) is 0 Å². The lowest BCUT2D eigenvalue weighted by molar-refractivity contribution is 0.0580. The van der Waals surface area contributed by atoms with Gasteiger partial charge in [-0.3, -0.25) is 14.2 Å². The van der Waals surface area contributed by atoms with Crippen LogP contribution in [0.5, 0.6) is 0 Å². The van der Waals surface area contributed by atoms with Crippen molar-refractivity contribution < 1.29 is 9.53 Å². The van der Waals surface area contributed by atoms with Crippen molar-refractivity contribution in [1.82, 2.24) is 14.5 Å². The van der Waals surface area contributed by atoms with E-state index in [1.807, 2.05) is 67.6 Å². The molecule has 0 saturated heterocycles. The number of rotatable bonds is 7. The van der Waals surface area contributed by atoms with E-state index in [-0.39, 0.29) is 17.5 Å². The van der Waals surface area contributed by atoms with Crippen LogP contribution in [0, 0.1) is 0 Å². The molecule has 0 N–H and O–H groups in total. The summed E-state index contributed by atoms with van der Waals surface area (Å²) in [4.78, 5) is 33.5. The highest BCUT2D eigenvalue weighted by Gasteiger charge is 2.29. The van der Waals surface area contributed by atoms with Crippen LogP contribution in [0.2, 0.25) is 0 Å². The topological polar surface area (TPSA) is 64.4 Å². The van der Waals surface area contributed by atoms with E-state index >= 15 is 0 Å². The molecule has 0 spiro atoms. The van der Waals surface area contributed by atoms with Gasteiger partial charge in [0.05, 0.1) is 23.6 Å². The highest BCUT2D eigenvalue weighted by Crippen LogP contribution is 2.27. The third-order valence-corrected chi connectivity index (χ3v) is 5.90. The smallest absolute Gasteiger partial charge is 0.261 e. The number of ether oxygens (including phenoxy) is 1. The number of fused-ring (bicyclic) bond motifs is 2. The first-order chi connectivity index (χ1) is 15.6. The van der Waals surface area contributed by atoms with Crippen LogP contribution >= 0.6 is 0 Å². The summed E-state index contributed by atoms with van der Waals surface area (Å²) in [5, 5.41) is 2.48. The van der Waals surface area contributed by atoms with Gasteiger partial charge in [-0.1, -0.05) is 55.5 Å². The molecule has 6 heteroatoms. The van der Waals surface area contributed by atoms with Crippen LogP contribution in [-0.4, -0.2) is 40.6 Å². The molecule has 32 heavy (non-hydrogen) atoms. The molecule has 164 valence electrons. The van der Waals surface area contributed by atoms with E-state index in [1.165, 1.54) is 0 Å². The van der Waals surface area contributed by atoms with Crippen LogP contribution in [0.1, 0.15) is 35.6 Å². The van der Waals surface area contributed by atoms with Gasteiger partial charge in [0.1, 0.15) is 5.82 Å². The number of carbonyl (C=O) groups is 1. The first-order valence-corrected chi connectivity index (χ1v) is 10.8. The van der Waals surface area contributed by atoms with Crippen molar-refractivity contribution in [2.75, 3.05) is 20.3 Å². The summed E-state index contributed by atoms with van der Waals surface area (Å²) in [6, 6.07) is 20.5. The average molecular weight is 430 g/mol. The summed E-state index contributed by atoms with van der Waals surface area (Å²) in [5.41, 5.74) is 1.14. The van der Waals surface area contributed by atoms with Crippen LogP contribution in [0.3, 0.4) is 0 Å². The van der Waals surface area contributed by atoms with Crippen LogP contribution in [0.15, 0.2) is 71.5 Å². The Kier molecular flexibility index (Phi) is 6.32. The van der Waals surface area contributed by atoms with E-state index in [2.05, 4.69) is 0 Å². The summed E-state index contributed by atoms with van der Waals surface area (Å²) >= 11 is 0. The molecule has 0 aliphatic heterocycles. The van der Waals surface area contributed by atoms with Gasteiger partial charge in [0.2, 0.25) is 0 Å². The molecule has 4 aromatic rings. The first-order valence-electron chi connectivity index (χ1n) is 10.8.